The Bertz CT molecular complexity index is 611. The van der Waals surface area contributed by atoms with Crippen molar-refractivity contribution < 1.29 is 9.32 Å². The van der Waals surface area contributed by atoms with Crippen molar-refractivity contribution in [2.45, 2.75) is 58.5 Å². The van der Waals surface area contributed by atoms with Crippen LogP contribution in [0.4, 0.5) is 0 Å². The number of hydrogen-bond acceptors (Lipinski definition) is 5. The number of piperidine rings is 1. The van der Waals surface area contributed by atoms with E-state index < -0.39 is 0 Å². The molecule has 1 aromatic heterocycles. The Kier molecular flexibility index (Phi) is 11.4. The highest BCUT2D eigenvalue weighted by Crippen LogP contribution is 2.14. The first-order chi connectivity index (χ1) is 13.0. The Morgan fingerprint density at radius 1 is 1.36 bits per heavy atom. The van der Waals surface area contributed by atoms with Crippen LogP contribution in [0.2, 0.25) is 0 Å². The molecule has 1 amide bonds. The number of aromatic nitrogens is 1. The largest absolute Gasteiger partial charge is 0.359 e. The van der Waals surface area contributed by atoms with Gasteiger partial charge in [-0.15, -0.1) is 24.0 Å². The first kappa shape index (κ1) is 24.7. The molecule has 1 aliphatic heterocycles. The van der Waals surface area contributed by atoms with Gasteiger partial charge in [0.2, 0.25) is 5.91 Å². The molecular weight excluding hydrogens is 471 g/mol. The van der Waals surface area contributed by atoms with E-state index >= 15 is 0 Å². The maximum absolute atomic E-state index is 11.8. The fourth-order valence-electron chi connectivity index (χ4n) is 3.00. The van der Waals surface area contributed by atoms with Gasteiger partial charge in [-0.3, -0.25) is 14.7 Å². The molecular formula is C19H35IN6O2. The Balaban J connectivity index is 0.00000392. The van der Waals surface area contributed by atoms with E-state index in [-0.39, 0.29) is 29.9 Å². The maximum atomic E-state index is 11.8. The summed E-state index contributed by atoms with van der Waals surface area (Å²) >= 11 is 0. The summed E-state index contributed by atoms with van der Waals surface area (Å²) in [5, 5.41) is 13.7. The summed E-state index contributed by atoms with van der Waals surface area (Å²) in [6.45, 7) is 9.86. The van der Waals surface area contributed by atoms with Crippen LogP contribution in [0.1, 0.15) is 57.4 Å². The summed E-state index contributed by atoms with van der Waals surface area (Å²) in [6.07, 6.45) is 2.94. The second kappa shape index (κ2) is 13.0. The smallest absolute Gasteiger partial charge is 0.234 e. The van der Waals surface area contributed by atoms with Crippen molar-refractivity contribution in [1.29, 1.82) is 0 Å². The SMILES string of the molecule is CCCNC(=O)CN1CCC(NC(=NC)NCc2cc(C(C)C)no2)CC1.I. The third kappa shape index (κ3) is 8.34. The van der Waals surface area contributed by atoms with Crippen LogP contribution in [0, 0.1) is 0 Å². The number of nitrogens with zero attached hydrogens (tertiary/aromatic N) is 3. The molecule has 0 radical (unpaired) electrons. The summed E-state index contributed by atoms with van der Waals surface area (Å²) in [5.41, 5.74) is 0.963. The monoisotopic (exact) mass is 506 g/mol. The lowest BCUT2D eigenvalue weighted by molar-refractivity contribution is -0.122. The van der Waals surface area contributed by atoms with E-state index in [1.807, 2.05) is 6.07 Å². The molecule has 0 bridgehead atoms. The third-order valence-electron chi connectivity index (χ3n) is 4.69. The Hall–Kier alpha value is -1.36. The highest BCUT2D eigenvalue weighted by molar-refractivity contribution is 14.0. The minimum atomic E-state index is 0. The lowest BCUT2D eigenvalue weighted by atomic mass is 10.1. The standard InChI is InChI=1S/C19H34N6O2.HI/c1-5-8-21-18(26)13-25-9-6-15(7-10-25)23-19(20-4)22-12-16-11-17(14(2)3)24-27-16;/h11,14-15H,5-10,12-13H2,1-4H3,(H,21,26)(H2,20,22,23);1H. The number of aliphatic imine (C=N–C) groups is 1. The summed E-state index contributed by atoms with van der Waals surface area (Å²) in [5.74, 6) is 2.04. The molecule has 0 unspecified atom stereocenters. The lowest BCUT2D eigenvalue weighted by Gasteiger charge is -2.32. The number of hydrogen-bond donors (Lipinski definition) is 3. The average Bonchev–Trinajstić information content (AvgIpc) is 3.14. The van der Waals surface area contributed by atoms with Crippen molar-refractivity contribution in [3.63, 3.8) is 0 Å². The Morgan fingerprint density at radius 3 is 2.64 bits per heavy atom. The second-order valence-corrected chi connectivity index (χ2v) is 7.34. The van der Waals surface area contributed by atoms with Crippen molar-refractivity contribution in [2.75, 3.05) is 33.2 Å². The maximum Gasteiger partial charge on any atom is 0.234 e. The fourth-order valence-corrected chi connectivity index (χ4v) is 3.00. The first-order valence-corrected chi connectivity index (χ1v) is 9.93. The van der Waals surface area contributed by atoms with Gasteiger partial charge >= 0.3 is 0 Å². The summed E-state index contributed by atoms with van der Waals surface area (Å²) in [6, 6.07) is 2.33. The van der Waals surface area contributed by atoms with Crippen LogP contribution in [-0.2, 0) is 11.3 Å². The lowest BCUT2D eigenvalue weighted by Crippen LogP contribution is -2.50. The van der Waals surface area contributed by atoms with Crippen LogP contribution in [0.5, 0.6) is 0 Å². The van der Waals surface area contributed by atoms with Gasteiger partial charge in [-0.1, -0.05) is 25.9 Å². The number of nitrogens with one attached hydrogen (secondary N) is 3. The van der Waals surface area contributed by atoms with Gasteiger partial charge in [0, 0.05) is 38.8 Å². The molecule has 9 heteroatoms. The van der Waals surface area contributed by atoms with Gasteiger partial charge in [0.15, 0.2) is 11.7 Å². The molecule has 2 heterocycles. The normalized spacial score (nSPS) is 16.0. The van der Waals surface area contributed by atoms with Crippen molar-refractivity contribution in [1.82, 2.24) is 26.0 Å². The molecule has 8 nitrogen and oxygen atoms in total. The molecule has 0 atom stereocenters. The van der Waals surface area contributed by atoms with Crippen LogP contribution < -0.4 is 16.0 Å². The molecule has 1 aliphatic rings. The molecule has 1 fully saturated rings. The van der Waals surface area contributed by atoms with Crippen molar-refractivity contribution in [3.8, 4) is 0 Å². The molecule has 1 aromatic rings. The van der Waals surface area contributed by atoms with Crippen LogP contribution in [-0.4, -0.2) is 61.2 Å². The highest BCUT2D eigenvalue weighted by Gasteiger charge is 2.21. The predicted molar refractivity (Wildman–Crippen MR) is 122 cm³/mol. The first-order valence-electron chi connectivity index (χ1n) is 9.93. The Morgan fingerprint density at radius 2 is 2.07 bits per heavy atom. The Labute approximate surface area is 185 Å². The number of likely N-dealkylation sites (tertiary alicyclic amines) is 1. The predicted octanol–water partition coefficient (Wildman–Crippen LogP) is 2.07. The highest BCUT2D eigenvalue weighted by atomic mass is 127. The van der Waals surface area contributed by atoms with Gasteiger partial charge in [0.05, 0.1) is 18.8 Å². The van der Waals surface area contributed by atoms with E-state index in [0.717, 1.165) is 56.3 Å². The van der Waals surface area contributed by atoms with E-state index in [0.29, 0.717) is 25.0 Å². The van der Waals surface area contributed by atoms with E-state index in [1.54, 1.807) is 7.05 Å². The van der Waals surface area contributed by atoms with Gasteiger partial charge in [-0.05, 0) is 25.2 Å². The van der Waals surface area contributed by atoms with Crippen molar-refractivity contribution in [2.24, 2.45) is 4.99 Å². The molecule has 28 heavy (non-hydrogen) atoms. The number of guanidine groups is 1. The van der Waals surface area contributed by atoms with Gasteiger partial charge in [-0.25, -0.2) is 0 Å². The van der Waals surface area contributed by atoms with Crippen LogP contribution in [0.3, 0.4) is 0 Å². The zero-order valence-electron chi connectivity index (χ0n) is 17.5. The van der Waals surface area contributed by atoms with E-state index in [9.17, 15) is 4.79 Å². The van der Waals surface area contributed by atoms with E-state index in [2.05, 4.69) is 51.8 Å². The van der Waals surface area contributed by atoms with Gasteiger partial charge < -0.3 is 20.5 Å². The summed E-state index contributed by atoms with van der Waals surface area (Å²) < 4.78 is 5.35. The number of carbonyl (C=O) groups excluding carboxylic acids is 1. The number of halogens is 1. The van der Waals surface area contributed by atoms with Crippen LogP contribution in [0.25, 0.3) is 0 Å². The fraction of sp³-hybridized carbons (Fsp3) is 0.737. The van der Waals surface area contributed by atoms with E-state index in [1.165, 1.54) is 0 Å². The molecule has 160 valence electrons. The van der Waals surface area contributed by atoms with Gasteiger partial charge in [0.1, 0.15) is 0 Å². The minimum absolute atomic E-state index is 0. The molecule has 2 rings (SSSR count). The van der Waals surface area contributed by atoms with Crippen LogP contribution in [0.15, 0.2) is 15.6 Å². The molecule has 3 N–H and O–H groups in total. The number of carbonyl (C=O) groups is 1. The van der Waals surface area contributed by atoms with Crippen molar-refractivity contribution in [3.05, 3.63) is 17.5 Å². The molecule has 0 aromatic carbocycles. The quantitative estimate of drug-likeness (QED) is 0.284. The molecule has 1 saturated heterocycles. The average molecular weight is 506 g/mol. The van der Waals surface area contributed by atoms with E-state index in [4.69, 9.17) is 4.52 Å². The molecule has 0 spiro atoms. The topological polar surface area (TPSA) is 94.8 Å². The number of amides is 1. The van der Waals surface area contributed by atoms with Gasteiger partial charge in [-0.2, -0.15) is 0 Å². The summed E-state index contributed by atoms with van der Waals surface area (Å²) in [7, 11) is 1.77. The second-order valence-electron chi connectivity index (χ2n) is 7.34. The zero-order chi connectivity index (χ0) is 19.6. The number of rotatable bonds is 8. The minimum Gasteiger partial charge on any atom is -0.359 e. The molecule has 0 saturated carbocycles. The van der Waals surface area contributed by atoms with Crippen LogP contribution >= 0.6 is 24.0 Å². The van der Waals surface area contributed by atoms with Gasteiger partial charge in [0.25, 0.3) is 0 Å². The molecule has 0 aliphatic carbocycles. The zero-order valence-corrected chi connectivity index (χ0v) is 19.8. The third-order valence-corrected chi connectivity index (χ3v) is 4.69. The summed E-state index contributed by atoms with van der Waals surface area (Å²) in [4.78, 5) is 18.3. The van der Waals surface area contributed by atoms with Crippen molar-refractivity contribution >= 4 is 35.8 Å².